The summed E-state index contributed by atoms with van der Waals surface area (Å²) in [6, 6.07) is 4.44. The summed E-state index contributed by atoms with van der Waals surface area (Å²) in [6.07, 6.45) is 0. The first kappa shape index (κ1) is 10.5. The number of hydrogen-bond acceptors (Lipinski definition) is 3. The van der Waals surface area contributed by atoms with Crippen molar-refractivity contribution in [2.24, 2.45) is 0 Å². The van der Waals surface area contributed by atoms with Crippen LogP contribution < -0.4 is 0 Å². The lowest BCUT2D eigenvalue weighted by Gasteiger charge is -2.02. The second kappa shape index (κ2) is 3.89. The molecule has 4 nitrogen and oxygen atoms in total. The van der Waals surface area contributed by atoms with Gasteiger partial charge in [-0.25, -0.2) is 0 Å². The first-order chi connectivity index (χ1) is 7.08. The molecule has 78 valence electrons. The van der Waals surface area contributed by atoms with E-state index < -0.39 is 6.01 Å². The van der Waals surface area contributed by atoms with E-state index in [2.05, 4.69) is 10.1 Å². The standard InChI is InChI=1S/C8H4Cl3N3O/c9-5-2-1-4(3-6(5)10)14-7(11)12-8(15)13-14/h1-3H,(H,13,15). The number of rotatable bonds is 1. The summed E-state index contributed by atoms with van der Waals surface area (Å²) >= 11 is 17.3. The molecule has 0 saturated carbocycles. The van der Waals surface area contributed by atoms with Crippen LogP contribution in [0.2, 0.25) is 15.3 Å². The Hall–Kier alpha value is -0.970. The molecular weight excluding hydrogens is 260 g/mol. The van der Waals surface area contributed by atoms with E-state index in [0.717, 1.165) is 0 Å². The molecule has 1 heterocycles. The van der Waals surface area contributed by atoms with Crippen LogP contribution in [0.15, 0.2) is 18.2 Å². The van der Waals surface area contributed by atoms with Crippen LogP contribution in [0.5, 0.6) is 6.01 Å². The van der Waals surface area contributed by atoms with Gasteiger partial charge in [-0.05, 0) is 29.8 Å². The molecule has 2 rings (SSSR count). The van der Waals surface area contributed by atoms with Crippen molar-refractivity contribution >= 4 is 34.8 Å². The van der Waals surface area contributed by atoms with Gasteiger partial charge in [0.1, 0.15) is 0 Å². The molecule has 0 bridgehead atoms. The fraction of sp³-hybridized carbons (Fsp3) is 0. The minimum Gasteiger partial charge on any atom is -0.478 e. The van der Waals surface area contributed by atoms with E-state index in [0.29, 0.717) is 15.7 Å². The van der Waals surface area contributed by atoms with Crippen LogP contribution in [-0.4, -0.2) is 19.9 Å². The Bertz CT molecular complexity index is 512. The third-order valence-electron chi connectivity index (χ3n) is 1.70. The number of hydrogen-bond donors (Lipinski definition) is 1. The van der Waals surface area contributed by atoms with Crippen LogP contribution in [0.1, 0.15) is 0 Å². The van der Waals surface area contributed by atoms with Crippen LogP contribution in [0.25, 0.3) is 5.69 Å². The van der Waals surface area contributed by atoms with Gasteiger partial charge in [0.05, 0.1) is 15.7 Å². The normalized spacial score (nSPS) is 10.6. The maximum atomic E-state index is 9.03. The smallest absolute Gasteiger partial charge is 0.334 e. The first-order valence-corrected chi connectivity index (χ1v) is 4.98. The summed E-state index contributed by atoms with van der Waals surface area (Å²) < 4.78 is 1.25. The lowest BCUT2D eigenvalue weighted by Crippen LogP contribution is -1.96. The van der Waals surface area contributed by atoms with Crippen LogP contribution >= 0.6 is 34.8 Å². The van der Waals surface area contributed by atoms with E-state index in [-0.39, 0.29) is 5.28 Å². The SMILES string of the molecule is Oc1nc(Cl)n(-c2ccc(Cl)c(Cl)c2)n1. The Morgan fingerprint density at radius 2 is 1.87 bits per heavy atom. The molecule has 0 radical (unpaired) electrons. The first-order valence-electron chi connectivity index (χ1n) is 3.85. The average Bonchev–Trinajstić information content (AvgIpc) is 2.50. The van der Waals surface area contributed by atoms with Crippen LogP contribution in [0.4, 0.5) is 0 Å². The number of aromatic nitrogens is 3. The number of halogens is 3. The van der Waals surface area contributed by atoms with Gasteiger partial charge in [0.15, 0.2) is 0 Å². The Morgan fingerprint density at radius 1 is 1.13 bits per heavy atom. The van der Waals surface area contributed by atoms with Gasteiger partial charge in [-0.15, -0.1) is 5.10 Å². The van der Waals surface area contributed by atoms with Gasteiger partial charge in [0.2, 0.25) is 5.28 Å². The van der Waals surface area contributed by atoms with Crippen molar-refractivity contribution in [3.8, 4) is 11.7 Å². The van der Waals surface area contributed by atoms with Gasteiger partial charge >= 0.3 is 6.01 Å². The Labute approximate surface area is 100 Å². The molecule has 0 unspecified atom stereocenters. The Kier molecular flexibility index (Phi) is 2.73. The molecule has 0 aliphatic heterocycles. The summed E-state index contributed by atoms with van der Waals surface area (Å²) in [6.45, 7) is 0. The maximum absolute atomic E-state index is 9.03. The third kappa shape index (κ3) is 2.02. The van der Waals surface area contributed by atoms with Gasteiger partial charge in [-0.1, -0.05) is 23.2 Å². The zero-order chi connectivity index (χ0) is 11.0. The van der Waals surface area contributed by atoms with Crippen molar-refractivity contribution in [1.29, 1.82) is 0 Å². The van der Waals surface area contributed by atoms with Gasteiger partial charge < -0.3 is 5.11 Å². The Balaban J connectivity index is 2.54. The Morgan fingerprint density at radius 3 is 2.40 bits per heavy atom. The quantitative estimate of drug-likeness (QED) is 0.861. The van der Waals surface area contributed by atoms with Crippen LogP contribution in [-0.2, 0) is 0 Å². The molecule has 0 fully saturated rings. The molecule has 0 atom stereocenters. The van der Waals surface area contributed by atoms with Crippen LogP contribution in [0, 0.1) is 0 Å². The zero-order valence-electron chi connectivity index (χ0n) is 7.15. The highest BCUT2D eigenvalue weighted by Gasteiger charge is 2.09. The number of benzene rings is 1. The largest absolute Gasteiger partial charge is 0.478 e. The molecule has 2 aromatic rings. The van der Waals surface area contributed by atoms with E-state index >= 15 is 0 Å². The summed E-state index contributed by atoms with van der Waals surface area (Å²) in [4.78, 5) is 3.54. The van der Waals surface area contributed by atoms with Crippen molar-refractivity contribution in [2.75, 3.05) is 0 Å². The van der Waals surface area contributed by atoms with Gasteiger partial charge in [0, 0.05) is 0 Å². The monoisotopic (exact) mass is 263 g/mol. The molecular formula is C8H4Cl3N3O. The molecule has 1 N–H and O–H groups in total. The zero-order valence-corrected chi connectivity index (χ0v) is 9.42. The second-order valence-corrected chi connectivity index (χ2v) is 3.84. The predicted molar refractivity (Wildman–Crippen MR) is 58.1 cm³/mol. The van der Waals surface area contributed by atoms with Crippen LogP contribution in [0.3, 0.4) is 0 Å². The fourth-order valence-corrected chi connectivity index (χ4v) is 1.57. The van der Waals surface area contributed by atoms with Crippen molar-refractivity contribution in [3.63, 3.8) is 0 Å². The second-order valence-electron chi connectivity index (χ2n) is 2.69. The third-order valence-corrected chi connectivity index (χ3v) is 2.69. The fourth-order valence-electron chi connectivity index (χ4n) is 1.06. The van der Waals surface area contributed by atoms with Crippen molar-refractivity contribution in [3.05, 3.63) is 33.5 Å². The molecule has 7 heteroatoms. The lowest BCUT2D eigenvalue weighted by molar-refractivity contribution is 0.430. The highest BCUT2D eigenvalue weighted by Crippen LogP contribution is 2.25. The molecule has 15 heavy (non-hydrogen) atoms. The molecule has 0 aliphatic rings. The molecule has 0 spiro atoms. The summed E-state index contributed by atoms with van der Waals surface area (Å²) in [5.74, 6) is 0. The molecule has 1 aromatic carbocycles. The average molecular weight is 264 g/mol. The van der Waals surface area contributed by atoms with Gasteiger partial charge in [-0.2, -0.15) is 9.67 Å². The molecule has 0 aliphatic carbocycles. The molecule has 1 aromatic heterocycles. The molecule has 0 amide bonds. The lowest BCUT2D eigenvalue weighted by atomic mass is 10.3. The topological polar surface area (TPSA) is 50.9 Å². The number of aromatic hydroxyl groups is 1. The summed E-state index contributed by atoms with van der Waals surface area (Å²) in [5.41, 5.74) is 0.571. The highest BCUT2D eigenvalue weighted by atomic mass is 35.5. The van der Waals surface area contributed by atoms with E-state index in [1.807, 2.05) is 0 Å². The van der Waals surface area contributed by atoms with Crippen molar-refractivity contribution in [2.45, 2.75) is 0 Å². The summed E-state index contributed by atoms with van der Waals surface area (Å²) in [5, 5.41) is 13.6. The maximum Gasteiger partial charge on any atom is 0.334 e. The van der Waals surface area contributed by atoms with Gasteiger partial charge in [-0.3, -0.25) is 0 Å². The van der Waals surface area contributed by atoms with E-state index in [9.17, 15) is 0 Å². The summed E-state index contributed by atoms with van der Waals surface area (Å²) in [7, 11) is 0. The predicted octanol–water partition coefficient (Wildman–Crippen LogP) is 2.93. The van der Waals surface area contributed by atoms with E-state index in [1.165, 1.54) is 4.68 Å². The van der Waals surface area contributed by atoms with E-state index in [4.69, 9.17) is 39.9 Å². The van der Waals surface area contributed by atoms with E-state index in [1.54, 1.807) is 18.2 Å². The number of nitrogens with zero attached hydrogens (tertiary/aromatic N) is 3. The minimum atomic E-state index is -0.397. The molecule has 0 saturated heterocycles. The minimum absolute atomic E-state index is 0.0471. The van der Waals surface area contributed by atoms with Crippen molar-refractivity contribution < 1.29 is 5.11 Å². The van der Waals surface area contributed by atoms with Crippen molar-refractivity contribution in [1.82, 2.24) is 14.8 Å². The highest BCUT2D eigenvalue weighted by molar-refractivity contribution is 6.42. The van der Waals surface area contributed by atoms with Gasteiger partial charge in [0.25, 0.3) is 0 Å².